The van der Waals surface area contributed by atoms with Gasteiger partial charge < -0.3 is 19.7 Å². The summed E-state index contributed by atoms with van der Waals surface area (Å²) in [7, 11) is 1.85. The van der Waals surface area contributed by atoms with Gasteiger partial charge in [-0.2, -0.15) is 13.2 Å². The lowest BCUT2D eigenvalue weighted by molar-refractivity contribution is -0.138. The largest absolute Gasteiger partial charge is 0.416 e. The van der Waals surface area contributed by atoms with Crippen molar-refractivity contribution in [2.75, 3.05) is 23.4 Å². The molecule has 38 heavy (non-hydrogen) atoms. The first-order valence-corrected chi connectivity index (χ1v) is 12.5. The summed E-state index contributed by atoms with van der Waals surface area (Å²) in [6, 6.07) is 7.09. The van der Waals surface area contributed by atoms with E-state index in [9.17, 15) is 23.1 Å². The van der Waals surface area contributed by atoms with Crippen molar-refractivity contribution in [1.82, 2.24) is 19.7 Å². The van der Waals surface area contributed by atoms with Crippen LogP contribution >= 0.6 is 0 Å². The Morgan fingerprint density at radius 2 is 2.05 bits per heavy atom. The summed E-state index contributed by atoms with van der Waals surface area (Å²) in [5.41, 5.74) is -0.505. The number of benzene rings is 1. The summed E-state index contributed by atoms with van der Waals surface area (Å²) < 4.78 is 48.6. The van der Waals surface area contributed by atoms with E-state index in [1.165, 1.54) is 17.0 Å². The zero-order valence-electron chi connectivity index (χ0n) is 20.7. The minimum absolute atomic E-state index is 0.0218. The van der Waals surface area contributed by atoms with Crippen LogP contribution in [-0.2, 0) is 36.3 Å². The number of hydrogen-bond donors (Lipinski definition) is 2. The molecule has 1 aliphatic carbocycles. The number of anilines is 2. The van der Waals surface area contributed by atoms with Gasteiger partial charge in [-0.1, -0.05) is 6.07 Å². The highest BCUT2D eigenvalue weighted by atomic mass is 19.4. The lowest BCUT2D eigenvalue weighted by atomic mass is 9.75. The summed E-state index contributed by atoms with van der Waals surface area (Å²) >= 11 is 0. The summed E-state index contributed by atoms with van der Waals surface area (Å²) in [6.07, 6.45) is -0.665. The molecule has 1 aromatic carbocycles. The van der Waals surface area contributed by atoms with Crippen LogP contribution in [0.15, 0.2) is 36.7 Å². The Morgan fingerprint density at radius 1 is 1.24 bits per heavy atom. The van der Waals surface area contributed by atoms with Crippen molar-refractivity contribution in [2.45, 2.75) is 56.0 Å². The number of aliphatic hydroxyl groups is 1. The van der Waals surface area contributed by atoms with Gasteiger partial charge in [0.05, 0.1) is 37.5 Å². The highest BCUT2D eigenvalue weighted by Crippen LogP contribution is 2.41. The van der Waals surface area contributed by atoms with Crippen LogP contribution in [0.25, 0.3) is 0 Å². The van der Waals surface area contributed by atoms with E-state index < -0.39 is 29.2 Å². The lowest BCUT2D eigenvalue weighted by Crippen LogP contribution is -2.49. The van der Waals surface area contributed by atoms with Gasteiger partial charge in [0.25, 0.3) is 5.91 Å². The Kier molecular flexibility index (Phi) is 5.91. The van der Waals surface area contributed by atoms with E-state index in [1.807, 2.05) is 17.7 Å². The van der Waals surface area contributed by atoms with Crippen molar-refractivity contribution < 1.29 is 27.8 Å². The van der Waals surface area contributed by atoms with Crippen molar-refractivity contribution in [3.8, 4) is 0 Å². The van der Waals surface area contributed by atoms with Gasteiger partial charge in [-0.25, -0.2) is 4.98 Å². The Bertz CT molecular complexity index is 1390. The fourth-order valence-electron chi connectivity index (χ4n) is 5.61. The topological polar surface area (TPSA) is 105 Å². The number of fused-ring (bicyclic) bond motifs is 1. The van der Waals surface area contributed by atoms with E-state index in [2.05, 4.69) is 20.5 Å². The number of hydrogen-bond acceptors (Lipinski definition) is 7. The Labute approximate surface area is 216 Å². The van der Waals surface area contributed by atoms with Crippen LogP contribution in [0.4, 0.5) is 24.8 Å². The molecule has 2 atom stereocenters. The predicted molar refractivity (Wildman–Crippen MR) is 131 cm³/mol. The van der Waals surface area contributed by atoms with Crippen molar-refractivity contribution in [1.29, 1.82) is 0 Å². The third kappa shape index (κ3) is 4.21. The maximum absolute atomic E-state index is 13.7. The molecule has 9 nitrogen and oxygen atoms in total. The highest BCUT2D eigenvalue weighted by molar-refractivity contribution is 6.10. The number of aryl methyl sites for hydroxylation is 1. The van der Waals surface area contributed by atoms with E-state index in [4.69, 9.17) is 4.74 Å². The number of rotatable bonds is 6. The number of carbonyl (C=O) groups is 1. The van der Waals surface area contributed by atoms with Gasteiger partial charge in [0.1, 0.15) is 23.8 Å². The van der Waals surface area contributed by atoms with Crippen molar-refractivity contribution >= 4 is 17.5 Å². The van der Waals surface area contributed by atoms with Gasteiger partial charge in [-0.15, -0.1) is 10.2 Å². The minimum Gasteiger partial charge on any atom is -0.391 e. The van der Waals surface area contributed by atoms with Crippen LogP contribution in [0.3, 0.4) is 0 Å². The van der Waals surface area contributed by atoms with Crippen molar-refractivity contribution in [2.24, 2.45) is 7.05 Å². The van der Waals surface area contributed by atoms with Crippen LogP contribution in [0.1, 0.15) is 52.1 Å². The van der Waals surface area contributed by atoms with E-state index in [0.717, 1.165) is 30.3 Å². The zero-order chi connectivity index (χ0) is 26.7. The van der Waals surface area contributed by atoms with Crippen molar-refractivity contribution in [3.05, 3.63) is 64.7 Å². The smallest absolute Gasteiger partial charge is 0.391 e. The maximum atomic E-state index is 13.7. The normalized spacial score (nSPS) is 22.4. The fourth-order valence-corrected chi connectivity index (χ4v) is 5.61. The van der Waals surface area contributed by atoms with Crippen molar-refractivity contribution in [3.63, 3.8) is 0 Å². The van der Waals surface area contributed by atoms with Gasteiger partial charge in [0.2, 0.25) is 0 Å². The summed E-state index contributed by atoms with van der Waals surface area (Å²) in [6.45, 7) is 0.570. The molecule has 3 aromatic rings. The molecule has 2 unspecified atom stereocenters. The third-order valence-electron chi connectivity index (χ3n) is 7.85. The second-order valence-corrected chi connectivity index (χ2v) is 10.4. The monoisotopic (exact) mass is 528 g/mol. The van der Waals surface area contributed by atoms with Crippen LogP contribution < -0.4 is 10.2 Å². The molecule has 1 amide bonds. The molecular formula is C26H27F3N6O3. The summed E-state index contributed by atoms with van der Waals surface area (Å²) in [4.78, 5) is 19.3. The van der Waals surface area contributed by atoms with Gasteiger partial charge in [0, 0.05) is 24.4 Å². The van der Waals surface area contributed by atoms with Gasteiger partial charge in [-0.05, 0) is 54.7 Å². The SMILES string of the molecule is Cn1cnnc1CC1(c2cc(NC3CCCC3O)nc(N3Cc4c(cccc4C(F)(F)F)C3=O)c2)COC1. The van der Waals surface area contributed by atoms with Gasteiger partial charge in [0.15, 0.2) is 0 Å². The quantitative estimate of drug-likeness (QED) is 0.506. The maximum Gasteiger partial charge on any atom is 0.416 e. The molecule has 2 aliphatic heterocycles. The average molecular weight is 529 g/mol. The first-order chi connectivity index (χ1) is 18.1. The van der Waals surface area contributed by atoms with Crippen LogP contribution in [-0.4, -0.2) is 56.1 Å². The molecule has 2 N–H and O–H groups in total. The van der Waals surface area contributed by atoms with E-state index in [1.54, 1.807) is 12.4 Å². The Balaban J connectivity index is 1.41. The molecule has 0 radical (unpaired) electrons. The number of aromatic nitrogens is 4. The van der Waals surface area contributed by atoms with E-state index in [-0.39, 0.29) is 29.5 Å². The van der Waals surface area contributed by atoms with Crippen LogP contribution in [0, 0.1) is 0 Å². The number of halogens is 3. The molecule has 1 saturated carbocycles. The van der Waals surface area contributed by atoms with Crippen LogP contribution in [0.5, 0.6) is 0 Å². The summed E-state index contributed by atoms with van der Waals surface area (Å²) in [5.74, 6) is 0.921. The Morgan fingerprint density at radius 3 is 2.68 bits per heavy atom. The third-order valence-corrected chi connectivity index (χ3v) is 7.85. The molecule has 0 bridgehead atoms. The molecule has 6 rings (SSSR count). The molecule has 0 spiro atoms. The fraction of sp³-hybridized carbons (Fsp3) is 0.462. The number of pyridine rings is 1. The number of ether oxygens (including phenoxy) is 1. The lowest BCUT2D eigenvalue weighted by Gasteiger charge is -2.42. The number of carbonyl (C=O) groups excluding carboxylic acids is 1. The molecule has 200 valence electrons. The molecular weight excluding hydrogens is 501 g/mol. The number of aliphatic hydroxyl groups excluding tert-OH is 1. The molecule has 2 aromatic heterocycles. The average Bonchev–Trinajstić information content (AvgIpc) is 3.54. The molecule has 12 heteroatoms. The van der Waals surface area contributed by atoms with E-state index in [0.29, 0.717) is 31.9 Å². The molecule has 3 aliphatic rings. The first kappa shape index (κ1) is 24.8. The number of alkyl halides is 3. The number of amides is 1. The zero-order valence-corrected chi connectivity index (χ0v) is 20.7. The first-order valence-electron chi connectivity index (χ1n) is 12.5. The van der Waals surface area contributed by atoms with E-state index >= 15 is 0 Å². The molecule has 4 heterocycles. The highest BCUT2D eigenvalue weighted by Gasteiger charge is 2.44. The van der Waals surface area contributed by atoms with Gasteiger partial charge in [-0.3, -0.25) is 9.69 Å². The molecule has 1 saturated heterocycles. The summed E-state index contributed by atoms with van der Waals surface area (Å²) in [5, 5.41) is 21.9. The number of nitrogens with zero attached hydrogens (tertiary/aromatic N) is 5. The minimum atomic E-state index is -4.58. The Hall–Kier alpha value is -3.51. The predicted octanol–water partition coefficient (Wildman–Crippen LogP) is 3.23. The van der Waals surface area contributed by atoms with Gasteiger partial charge >= 0.3 is 6.18 Å². The standard InChI is InChI=1S/C26H27F3N6O3/c1-34-14-30-33-23(34)10-25(12-38-13-25)15-8-21(31-19-6-3-7-20(19)36)32-22(9-15)35-11-17-16(24(35)37)4-2-5-18(17)26(27,28)29/h2,4-5,8-9,14,19-20,36H,3,6-7,10-13H2,1H3,(H,31,32). The number of nitrogens with one attached hydrogen (secondary N) is 1. The second-order valence-electron chi connectivity index (χ2n) is 10.4. The molecule has 2 fully saturated rings. The second kappa shape index (κ2) is 9.05. The van der Waals surface area contributed by atoms with Crippen LogP contribution in [0.2, 0.25) is 0 Å².